The molecule has 0 unspecified atom stereocenters. The predicted octanol–water partition coefficient (Wildman–Crippen LogP) is 3.96. The van der Waals surface area contributed by atoms with Gasteiger partial charge in [-0.05, 0) is 43.3 Å². The van der Waals surface area contributed by atoms with Crippen molar-refractivity contribution in [1.29, 1.82) is 0 Å². The van der Waals surface area contributed by atoms with E-state index < -0.39 is 5.82 Å². The van der Waals surface area contributed by atoms with Gasteiger partial charge >= 0.3 is 0 Å². The van der Waals surface area contributed by atoms with Crippen molar-refractivity contribution in [3.8, 4) is 0 Å². The summed E-state index contributed by atoms with van der Waals surface area (Å²) in [4.78, 5) is 24.5. The number of thioether (sulfide) groups is 1. The summed E-state index contributed by atoms with van der Waals surface area (Å²) in [6, 6.07) is 11.0. The second kappa shape index (κ2) is 8.70. The molecule has 0 aliphatic heterocycles. The van der Waals surface area contributed by atoms with E-state index in [1.54, 1.807) is 30.3 Å². The molecule has 0 saturated heterocycles. The minimum atomic E-state index is -0.493. The second-order valence-electron chi connectivity index (χ2n) is 4.85. The smallest absolute Gasteiger partial charge is 0.251 e. The number of carbonyl (C=O) groups is 2. The molecule has 0 bridgehead atoms. The van der Waals surface area contributed by atoms with E-state index in [2.05, 4.69) is 10.6 Å². The molecule has 0 radical (unpaired) electrons. The van der Waals surface area contributed by atoms with Crippen LogP contribution >= 0.6 is 23.4 Å². The highest BCUT2D eigenvalue weighted by molar-refractivity contribution is 8.00. The normalized spacial score (nSPS) is 10.3. The molecule has 0 spiro atoms. The van der Waals surface area contributed by atoms with Crippen LogP contribution in [0.15, 0.2) is 47.4 Å². The number of halogens is 2. The number of anilines is 1. The Balaban J connectivity index is 1.93. The lowest BCUT2D eigenvalue weighted by Crippen LogP contribution is -2.23. The van der Waals surface area contributed by atoms with Crippen LogP contribution in [0.1, 0.15) is 17.3 Å². The topological polar surface area (TPSA) is 58.2 Å². The van der Waals surface area contributed by atoms with Crippen LogP contribution in [0, 0.1) is 5.82 Å². The van der Waals surface area contributed by atoms with E-state index in [4.69, 9.17) is 11.6 Å². The van der Waals surface area contributed by atoms with Gasteiger partial charge in [0.1, 0.15) is 5.82 Å². The molecule has 0 aliphatic rings. The lowest BCUT2D eigenvalue weighted by molar-refractivity contribution is -0.113. The van der Waals surface area contributed by atoms with Crippen LogP contribution in [0.25, 0.3) is 0 Å². The van der Waals surface area contributed by atoms with E-state index >= 15 is 0 Å². The maximum atomic E-state index is 13.1. The Morgan fingerprint density at radius 1 is 1.21 bits per heavy atom. The Labute approximate surface area is 148 Å². The number of amides is 2. The fourth-order valence-electron chi connectivity index (χ4n) is 1.91. The molecule has 7 heteroatoms. The van der Waals surface area contributed by atoms with E-state index in [9.17, 15) is 14.0 Å². The lowest BCUT2D eigenvalue weighted by Gasteiger charge is -2.08. The zero-order valence-electron chi connectivity index (χ0n) is 12.9. The summed E-state index contributed by atoms with van der Waals surface area (Å²) in [5, 5.41) is 5.45. The van der Waals surface area contributed by atoms with Gasteiger partial charge in [-0.1, -0.05) is 17.7 Å². The molecular weight excluding hydrogens is 351 g/mol. The molecule has 0 saturated carbocycles. The number of carbonyl (C=O) groups excluding carboxylic acids is 2. The second-order valence-corrected chi connectivity index (χ2v) is 6.31. The first-order valence-electron chi connectivity index (χ1n) is 7.25. The quantitative estimate of drug-likeness (QED) is 0.761. The van der Waals surface area contributed by atoms with Gasteiger partial charge in [-0.3, -0.25) is 9.59 Å². The molecular formula is C17H16ClFN2O2S. The third-order valence-corrected chi connectivity index (χ3v) is 4.29. The Bertz CT molecular complexity index is 755. The van der Waals surface area contributed by atoms with Gasteiger partial charge in [0.2, 0.25) is 5.91 Å². The Kier molecular flexibility index (Phi) is 6.63. The highest BCUT2D eigenvalue weighted by Gasteiger charge is 2.08. The molecule has 2 aromatic carbocycles. The fraction of sp³-hybridized carbons (Fsp3) is 0.176. The van der Waals surface area contributed by atoms with Crippen molar-refractivity contribution >= 4 is 40.9 Å². The number of hydrogen-bond acceptors (Lipinski definition) is 3. The SMILES string of the molecule is CCNC(=O)c1cccc(NC(=O)CSc2ccc(F)c(Cl)c2)c1. The van der Waals surface area contributed by atoms with E-state index in [1.807, 2.05) is 6.92 Å². The molecule has 24 heavy (non-hydrogen) atoms. The first kappa shape index (κ1) is 18.3. The molecule has 0 aliphatic carbocycles. The van der Waals surface area contributed by atoms with Gasteiger partial charge in [-0.2, -0.15) is 0 Å². The molecule has 2 N–H and O–H groups in total. The maximum absolute atomic E-state index is 13.1. The minimum Gasteiger partial charge on any atom is -0.352 e. The van der Waals surface area contributed by atoms with Crippen molar-refractivity contribution in [2.24, 2.45) is 0 Å². The molecule has 2 amide bonds. The number of hydrogen-bond donors (Lipinski definition) is 2. The minimum absolute atomic E-state index is 0.0232. The van der Waals surface area contributed by atoms with E-state index in [0.717, 1.165) is 0 Å². The molecule has 4 nitrogen and oxygen atoms in total. The van der Waals surface area contributed by atoms with Crippen molar-refractivity contribution < 1.29 is 14.0 Å². The van der Waals surface area contributed by atoms with Gasteiger partial charge < -0.3 is 10.6 Å². The van der Waals surface area contributed by atoms with Gasteiger partial charge in [0.15, 0.2) is 0 Å². The van der Waals surface area contributed by atoms with Gasteiger partial charge in [0.25, 0.3) is 5.91 Å². The van der Waals surface area contributed by atoms with E-state index in [0.29, 0.717) is 22.7 Å². The molecule has 2 aromatic rings. The summed E-state index contributed by atoms with van der Waals surface area (Å²) < 4.78 is 13.1. The predicted molar refractivity (Wildman–Crippen MR) is 95.2 cm³/mol. The standard InChI is InChI=1S/C17H16ClFN2O2S/c1-2-20-17(23)11-4-3-5-12(8-11)21-16(22)10-24-13-6-7-15(19)14(18)9-13/h3-9H,2,10H2,1H3,(H,20,23)(H,21,22). The van der Waals surface area contributed by atoms with Crippen LogP contribution in [-0.4, -0.2) is 24.1 Å². The summed E-state index contributed by atoms with van der Waals surface area (Å²) in [5.41, 5.74) is 1.02. The average molecular weight is 367 g/mol. The van der Waals surface area contributed by atoms with Crippen molar-refractivity contribution in [2.75, 3.05) is 17.6 Å². The summed E-state index contributed by atoms with van der Waals surface area (Å²) in [6.45, 7) is 2.37. The van der Waals surface area contributed by atoms with Gasteiger partial charge in [0.05, 0.1) is 10.8 Å². The van der Waals surface area contributed by atoms with Crippen molar-refractivity contribution in [3.63, 3.8) is 0 Å². The third kappa shape index (κ3) is 5.25. The van der Waals surface area contributed by atoms with Crippen LogP contribution in [0.2, 0.25) is 5.02 Å². The number of rotatable bonds is 6. The zero-order valence-corrected chi connectivity index (χ0v) is 14.5. The van der Waals surface area contributed by atoms with Crippen molar-refractivity contribution in [1.82, 2.24) is 5.32 Å². The first-order valence-corrected chi connectivity index (χ1v) is 8.62. The molecule has 2 rings (SSSR count). The van der Waals surface area contributed by atoms with Crippen LogP contribution in [0.4, 0.5) is 10.1 Å². The van der Waals surface area contributed by atoms with E-state index in [1.165, 1.54) is 23.9 Å². The maximum Gasteiger partial charge on any atom is 0.251 e. The third-order valence-electron chi connectivity index (χ3n) is 3.01. The average Bonchev–Trinajstić information content (AvgIpc) is 2.56. The lowest BCUT2D eigenvalue weighted by atomic mass is 10.2. The van der Waals surface area contributed by atoms with Crippen LogP contribution < -0.4 is 10.6 Å². The van der Waals surface area contributed by atoms with Gasteiger partial charge in [-0.25, -0.2) is 4.39 Å². The Hall–Kier alpha value is -2.05. The van der Waals surface area contributed by atoms with Crippen molar-refractivity contribution in [3.05, 3.63) is 58.9 Å². The summed E-state index contributed by atoms with van der Waals surface area (Å²) in [6.07, 6.45) is 0. The van der Waals surface area contributed by atoms with Gasteiger partial charge in [-0.15, -0.1) is 11.8 Å². The molecule has 0 heterocycles. The molecule has 0 aromatic heterocycles. The highest BCUT2D eigenvalue weighted by Crippen LogP contribution is 2.24. The Morgan fingerprint density at radius 3 is 2.71 bits per heavy atom. The first-order chi connectivity index (χ1) is 11.5. The fourth-order valence-corrected chi connectivity index (χ4v) is 2.89. The summed E-state index contributed by atoms with van der Waals surface area (Å²) >= 11 is 6.95. The summed E-state index contributed by atoms with van der Waals surface area (Å²) in [5.74, 6) is -0.766. The van der Waals surface area contributed by atoms with Crippen LogP contribution in [0.5, 0.6) is 0 Å². The largest absolute Gasteiger partial charge is 0.352 e. The number of benzene rings is 2. The van der Waals surface area contributed by atoms with Crippen LogP contribution in [0.3, 0.4) is 0 Å². The molecule has 0 fully saturated rings. The van der Waals surface area contributed by atoms with E-state index in [-0.39, 0.29) is 22.6 Å². The summed E-state index contributed by atoms with van der Waals surface area (Å²) in [7, 11) is 0. The molecule has 0 atom stereocenters. The Morgan fingerprint density at radius 2 is 2.00 bits per heavy atom. The zero-order chi connectivity index (χ0) is 17.5. The van der Waals surface area contributed by atoms with Crippen LogP contribution in [-0.2, 0) is 4.79 Å². The molecule has 126 valence electrons. The van der Waals surface area contributed by atoms with Crippen molar-refractivity contribution in [2.45, 2.75) is 11.8 Å². The monoisotopic (exact) mass is 366 g/mol. The number of nitrogens with one attached hydrogen (secondary N) is 2. The van der Waals surface area contributed by atoms with Gasteiger partial charge in [0, 0.05) is 22.7 Å². The highest BCUT2D eigenvalue weighted by atomic mass is 35.5.